The number of halogens is 1. The number of nitrogens with one attached hydrogen (secondary N) is 2. The molecule has 5 rings (SSSR count). The van der Waals surface area contributed by atoms with E-state index in [9.17, 15) is 4.79 Å². The highest BCUT2D eigenvalue weighted by atomic mass is 35.5. The van der Waals surface area contributed by atoms with Gasteiger partial charge < -0.3 is 10.2 Å². The summed E-state index contributed by atoms with van der Waals surface area (Å²) >= 11 is 6.56. The molecular weight excluding hydrogens is 414 g/mol. The Morgan fingerprint density at radius 3 is 2.71 bits per heavy atom. The van der Waals surface area contributed by atoms with Crippen LogP contribution in [0.2, 0.25) is 5.02 Å². The SMILES string of the molecule is CN1CC(NC(=O)c2ccc(-c3nc(Cc4ccc5[nH]ncc5c4Cl)n(C)n3)cc2)C1. The standard InChI is InChI=1S/C22H22ClN7O/c1-29-11-16(12-29)25-22(31)14-5-3-13(4-6-14)21-26-19(30(2)28-21)9-15-7-8-18-17(20(15)23)10-24-27-18/h3-8,10,16H,9,11-12H2,1-2H3,(H,24,27)(H,25,31). The molecule has 0 radical (unpaired) electrons. The Balaban J connectivity index is 1.33. The number of rotatable bonds is 5. The molecule has 4 aromatic rings. The van der Waals surface area contributed by atoms with Gasteiger partial charge in [0, 0.05) is 43.1 Å². The third kappa shape index (κ3) is 3.80. The highest BCUT2D eigenvalue weighted by molar-refractivity contribution is 6.36. The van der Waals surface area contributed by atoms with E-state index < -0.39 is 0 Å². The number of amides is 1. The second-order valence-corrected chi connectivity index (χ2v) is 8.37. The third-order valence-electron chi connectivity index (χ3n) is 5.64. The lowest BCUT2D eigenvalue weighted by atomic mass is 10.1. The fourth-order valence-corrected chi connectivity index (χ4v) is 4.14. The van der Waals surface area contributed by atoms with E-state index in [4.69, 9.17) is 16.6 Å². The van der Waals surface area contributed by atoms with Crippen LogP contribution >= 0.6 is 11.6 Å². The van der Waals surface area contributed by atoms with Crippen molar-refractivity contribution in [2.45, 2.75) is 12.5 Å². The maximum Gasteiger partial charge on any atom is 0.251 e. The van der Waals surface area contributed by atoms with Crippen LogP contribution in [0.25, 0.3) is 22.3 Å². The molecule has 2 aromatic heterocycles. The van der Waals surface area contributed by atoms with E-state index in [0.29, 0.717) is 22.8 Å². The van der Waals surface area contributed by atoms with Crippen molar-refractivity contribution in [1.82, 2.24) is 35.2 Å². The fraction of sp³-hybridized carbons (Fsp3) is 0.273. The molecule has 0 bridgehead atoms. The molecule has 2 N–H and O–H groups in total. The Morgan fingerprint density at radius 2 is 1.97 bits per heavy atom. The van der Waals surface area contributed by atoms with Crippen LogP contribution < -0.4 is 5.32 Å². The highest BCUT2D eigenvalue weighted by Gasteiger charge is 2.25. The Bertz CT molecular complexity index is 1250. The minimum absolute atomic E-state index is 0.0522. The number of fused-ring (bicyclic) bond motifs is 1. The lowest BCUT2D eigenvalue weighted by Gasteiger charge is -2.36. The zero-order valence-corrected chi connectivity index (χ0v) is 18.0. The molecule has 0 aliphatic carbocycles. The summed E-state index contributed by atoms with van der Waals surface area (Å²) in [4.78, 5) is 19.3. The van der Waals surface area contributed by atoms with Crippen molar-refractivity contribution >= 4 is 28.4 Å². The van der Waals surface area contributed by atoms with E-state index >= 15 is 0 Å². The van der Waals surface area contributed by atoms with Crippen LogP contribution in [0.4, 0.5) is 0 Å². The molecule has 9 heteroatoms. The van der Waals surface area contributed by atoms with Crippen LogP contribution in [-0.4, -0.2) is 61.9 Å². The molecule has 1 aliphatic rings. The first-order valence-corrected chi connectivity index (χ1v) is 10.5. The van der Waals surface area contributed by atoms with Crippen molar-refractivity contribution in [1.29, 1.82) is 0 Å². The summed E-state index contributed by atoms with van der Waals surface area (Å²) in [6, 6.07) is 11.6. The van der Waals surface area contributed by atoms with Gasteiger partial charge in [-0.1, -0.05) is 29.8 Å². The zero-order valence-electron chi connectivity index (χ0n) is 17.3. The van der Waals surface area contributed by atoms with Crippen molar-refractivity contribution in [3.05, 3.63) is 64.6 Å². The van der Waals surface area contributed by atoms with Crippen LogP contribution in [0.1, 0.15) is 21.7 Å². The van der Waals surface area contributed by atoms with Gasteiger partial charge in [-0.3, -0.25) is 14.6 Å². The second kappa shape index (κ2) is 7.79. The van der Waals surface area contributed by atoms with Crippen molar-refractivity contribution in [2.75, 3.05) is 20.1 Å². The molecule has 1 amide bonds. The maximum absolute atomic E-state index is 12.4. The van der Waals surface area contributed by atoms with Gasteiger partial charge in [0.1, 0.15) is 5.82 Å². The number of hydrogen-bond acceptors (Lipinski definition) is 5. The number of carbonyl (C=O) groups is 1. The molecule has 0 unspecified atom stereocenters. The molecule has 0 saturated carbocycles. The number of nitrogens with zero attached hydrogens (tertiary/aromatic N) is 5. The Morgan fingerprint density at radius 1 is 1.19 bits per heavy atom. The first kappa shape index (κ1) is 19.7. The Kier molecular flexibility index (Phi) is 4.95. The first-order valence-electron chi connectivity index (χ1n) is 10.1. The van der Waals surface area contributed by atoms with E-state index in [1.54, 1.807) is 10.9 Å². The molecule has 3 heterocycles. The quantitative estimate of drug-likeness (QED) is 0.503. The van der Waals surface area contributed by atoms with Gasteiger partial charge in [0.15, 0.2) is 5.82 Å². The number of likely N-dealkylation sites (N-methyl/N-ethyl adjacent to an activating group) is 1. The summed E-state index contributed by atoms with van der Waals surface area (Å²) in [5, 5.41) is 16.1. The normalized spacial score (nSPS) is 14.7. The van der Waals surface area contributed by atoms with Crippen molar-refractivity contribution < 1.29 is 4.79 Å². The topological polar surface area (TPSA) is 91.7 Å². The lowest BCUT2D eigenvalue weighted by Crippen LogP contribution is -2.57. The predicted octanol–water partition coefficient (Wildman–Crippen LogP) is 2.65. The smallest absolute Gasteiger partial charge is 0.251 e. The van der Waals surface area contributed by atoms with Gasteiger partial charge in [-0.05, 0) is 30.8 Å². The van der Waals surface area contributed by atoms with Gasteiger partial charge in [-0.2, -0.15) is 10.2 Å². The number of aryl methyl sites for hydroxylation is 1. The van der Waals surface area contributed by atoms with E-state index in [0.717, 1.165) is 40.9 Å². The lowest BCUT2D eigenvalue weighted by molar-refractivity contribution is 0.0858. The zero-order chi connectivity index (χ0) is 21.5. The van der Waals surface area contributed by atoms with Crippen molar-refractivity contribution in [2.24, 2.45) is 7.05 Å². The number of hydrogen-bond donors (Lipinski definition) is 2. The summed E-state index contributed by atoms with van der Waals surface area (Å²) < 4.78 is 1.76. The van der Waals surface area contributed by atoms with Gasteiger partial charge in [0.2, 0.25) is 0 Å². The van der Waals surface area contributed by atoms with E-state index in [2.05, 4.69) is 25.5 Å². The molecule has 1 fully saturated rings. The van der Waals surface area contributed by atoms with Crippen LogP contribution in [0, 0.1) is 0 Å². The van der Waals surface area contributed by atoms with Gasteiger partial charge in [0.05, 0.1) is 22.8 Å². The molecule has 0 atom stereocenters. The summed E-state index contributed by atoms with van der Waals surface area (Å²) in [5.74, 6) is 1.37. The Hall–Kier alpha value is -3.23. The largest absolute Gasteiger partial charge is 0.347 e. The monoisotopic (exact) mass is 435 g/mol. The fourth-order valence-electron chi connectivity index (χ4n) is 3.86. The van der Waals surface area contributed by atoms with E-state index in [1.165, 1.54) is 0 Å². The molecular formula is C22H22ClN7O. The third-order valence-corrected chi connectivity index (χ3v) is 6.09. The summed E-state index contributed by atoms with van der Waals surface area (Å²) in [6.07, 6.45) is 2.28. The number of likely N-dealkylation sites (tertiary alicyclic amines) is 1. The van der Waals surface area contributed by atoms with Gasteiger partial charge in [-0.15, -0.1) is 0 Å². The summed E-state index contributed by atoms with van der Waals surface area (Å²) in [7, 11) is 3.91. The average molecular weight is 436 g/mol. The Labute approximate surface area is 184 Å². The highest BCUT2D eigenvalue weighted by Crippen LogP contribution is 2.28. The first-order chi connectivity index (χ1) is 15.0. The maximum atomic E-state index is 12.4. The number of carbonyl (C=O) groups excluding carboxylic acids is 1. The average Bonchev–Trinajstić information content (AvgIpc) is 3.36. The number of benzene rings is 2. The number of aromatic nitrogens is 5. The van der Waals surface area contributed by atoms with Crippen molar-refractivity contribution in [3.63, 3.8) is 0 Å². The van der Waals surface area contributed by atoms with Gasteiger partial charge in [-0.25, -0.2) is 4.98 Å². The molecule has 8 nitrogen and oxygen atoms in total. The summed E-state index contributed by atoms with van der Waals surface area (Å²) in [5.41, 5.74) is 3.36. The minimum Gasteiger partial charge on any atom is -0.347 e. The molecule has 158 valence electrons. The molecule has 0 spiro atoms. The van der Waals surface area contributed by atoms with Crippen LogP contribution in [-0.2, 0) is 13.5 Å². The molecule has 31 heavy (non-hydrogen) atoms. The van der Waals surface area contributed by atoms with Crippen LogP contribution in [0.15, 0.2) is 42.6 Å². The number of H-pyrrole nitrogens is 1. The minimum atomic E-state index is -0.0522. The molecule has 1 aliphatic heterocycles. The van der Waals surface area contributed by atoms with Crippen molar-refractivity contribution in [3.8, 4) is 11.4 Å². The van der Waals surface area contributed by atoms with Crippen LogP contribution in [0.5, 0.6) is 0 Å². The molecule has 1 saturated heterocycles. The van der Waals surface area contributed by atoms with E-state index in [1.807, 2.05) is 50.5 Å². The van der Waals surface area contributed by atoms with Gasteiger partial charge in [0.25, 0.3) is 5.91 Å². The second-order valence-electron chi connectivity index (χ2n) is 7.99. The predicted molar refractivity (Wildman–Crippen MR) is 119 cm³/mol. The van der Waals surface area contributed by atoms with Crippen LogP contribution in [0.3, 0.4) is 0 Å². The summed E-state index contributed by atoms with van der Waals surface area (Å²) in [6.45, 7) is 1.78. The van der Waals surface area contributed by atoms with Gasteiger partial charge >= 0.3 is 0 Å². The molecule has 2 aromatic carbocycles. The number of aromatic amines is 1. The van der Waals surface area contributed by atoms with E-state index in [-0.39, 0.29) is 11.9 Å².